The van der Waals surface area contributed by atoms with Crippen LogP contribution in [0.25, 0.3) is 0 Å². The molecule has 0 aliphatic carbocycles. The van der Waals surface area contributed by atoms with Crippen molar-refractivity contribution in [1.29, 1.82) is 0 Å². The Hall–Kier alpha value is -1.02. The highest BCUT2D eigenvalue weighted by Gasteiger charge is 2.20. The molecule has 0 fully saturated rings. The number of benzene rings is 1. The Labute approximate surface area is 97.3 Å². The monoisotopic (exact) mass is 220 g/mol. The molecular weight excluding hydrogens is 200 g/mol. The Morgan fingerprint density at radius 1 is 1.31 bits per heavy atom. The van der Waals surface area contributed by atoms with E-state index < -0.39 is 0 Å². The standard InChI is InChI=1S/C14H20O2/c1-3-10(4-2)14(15)12-5-6-13-11(9-12)7-8-16-13/h5-6,9-10,14-15H,3-4,7-8H2,1-2H3. The maximum atomic E-state index is 10.3. The summed E-state index contributed by atoms with van der Waals surface area (Å²) < 4.78 is 5.46. The van der Waals surface area contributed by atoms with Crippen molar-refractivity contribution >= 4 is 0 Å². The molecule has 1 aliphatic heterocycles. The summed E-state index contributed by atoms with van der Waals surface area (Å²) in [5.74, 6) is 1.35. The van der Waals surface area contributed by atoms with E-state index in [9.17, 15) is 5.11 Å². The highest BCUT2D eigenvalue weighted by Crippen LogP contribution is 2.32. The molecule has 0 aromatic heterocycles. The molecule has 1 unspecified atom stereocenters. The van der Waals surface area contributed by atoms with E-state index >= 15 is 0 Å². The zero-order valence-electron chi connectivity index (χ0n) is 10.1. The van der Waals surface area contributed by atoms with Gasteiger partial charge in [-0.3, -0.25) is 0 Å². The Morgan fingerprint density at radius 2 is 2.06 bits per heavy atom. The second-order valence-corrected chi connectivity index (χ2v) is 4.49. The maximum absolute atomic E-state index is 10.3. The lowest BCUT2D eigenvalue weighted by Crippen LogP contribution is -2.10. The van der Waals surface area contributed by atoms with Crippen molar-refractivity contribution in [3.05, 3.63) is 29.3 Å². The molecule has 1 aliphatic rings. The zero-order chi connectivity index (χ0) is 11.5. The zero-order valence-corrected chi connectivity index (χ0v) is 10.1. The Morgan fingerprint density at radius 3 is 2.75 bits per heavy atom. The van der Waals surface area contributed by atoms with E-state index in [2.05, 4.69) is 19.9 Å². The van der Waals surface area contributed by atoms with Crippen LogP contribution in [-0.2, 0) is 6.42 Å². The van der Waals surface area contributed by atoms with Crippen molar-refractivity contribution in [2.45, 2.75) is 39.2 Å². The van der Waals surface area contributed by atoms with Crippen LogP contribution in [0.4, 0.5) is 0 Å². The van der Waals surface area contributed by atoms with Gasteiger partial charge in [-0.25, -0.2) is 0 Å². The van der Waals surface area contributed by atoms with Gasteiger partial charge in [0, 0.05) is 6.42 Å². The first-order valence-electron chi connectivity index (χ1n) is 6.20. The molecule has 0 radical (unpaired) electrons. The second kappa shape index (κ2) is 4.88. The summed E-state index contributed by atoms with van der Waals surface area (Å²) in [6.45, 7) is 5.04. The average Bonchev–Trinajstić information content (AvgIpc) is 2.77. The molecule has 0 bridgehead atoms. The molecule has 0 amide bonds. The van der Waals surface area contributed by atoms with Crippen LogP contribution in [0, 0.1) is 5.92 Å². The Kier molecular flexibility index (Phi) is 3.49. The van der Waals surface area contributed by atoms with Crippen molar-refractivity contribution in [2.24, 2.45) is 5.92 Å². The molecule has 1 N–H and O–H groups in total. The minimum atomic E-state index is -0.333. The van der Waals surface area contributed by atoms with Crippen LogP contribution in [0.3, 0.4) is 0 Å². The van der Waals surface area contributed by atoms with Crippen molar-refractivity contribution in [3.63, 3.8) is 0 Å². The molecular formula is C14H20O2. The second-order valence-electron chi connectivity index (χ2n) is 4.49. The van der Waals surface area contributed by atoms with Gasteiger partial charge < -0.3 is 9.84 Å². The molecule has 1 aromatic rings. The first kappa shape index (κ1) is 11.5. The normalized spacial score (nSPS) is 16.0. The molecule has 88 valence electrons. The molecule has 1 heterocycles. The first-order chi connectivity index (χ1) is 7.76. The van der Waals surface area contributed by atoms with Gasteiger partial charge in [0.25, 0.3) is 0 Å². The highest BCUT2D eigenvalue weighted by molar-refractivity contribution is 5.40. The Balaban J connectivity index is 2.20. The van der Waals surface area contributed by atoms with E-state index in [1.807, 2.05) is 12.1 Å². The van der Waals surface area contributed by atoms with Gasteiger partial charge in [0.15, 0.2) is 0 Å². The van der Waals surface area contributed by atoms with Crippen LogP contribution in [0.2, 0.25) is 0 Å². The molecule has 2 rings (SSSR count). The lowest BCUT2D eigenvalue weighted by molar-refractivity contribution is 0.103. The van der Waals surface area contributed by atoms with E-state index in [4.69, 9.17) is 4.74 Å². The van der Waals surface area contributed by atoms with E-state index in [0.717, 1.165) is 37.2 Å². The van der Waals surface area contributed by atoms with Crippen molar-refractivity contribution in [2.75, 3.05) is 6.61 Å². The quantitative estimate of drug-likeness (QED) is 0.845. The SMILES string of the molecule is CCC(CC)C(O)c1ccc2c(c1)CCO2. The molecule has 16 heavy (non-hydrogen) atoms. The molecule has 2 heteroatoms. The molecule has 2 nitrogen and oxygen atoms in total. The lowest BCUT2D eigenvalue weighted by Gasteiger charge is -2.20. The average molecular weight is 220 g/mol. The summed E-state index contributed by atoms with van der Waals surface area (Å²) in [6.07, 6.45) is 2.68. The number of fused-ring (bicyclic) bond motifs is 1. The first-order valence-corrected chi connectivity index (χ1v) is 6.20. The topological polar surface area (TPSA) is 29.5 Å². The minimum Gasteiger partial charge on any atom is -0.493 e. The van der Waals surface area contributed by atoms with Crippen LogP contribution in [0.5, 0.6) is 5.75 Å². The van der Waals surface area contributed by atoms with Gasteiger partial charge in [0.2, 0.25) is 0 Å². The third-order valence-electron chi connectivity index (χ3n) is 3.55. The molecule has 0 saturated carbocycles. The van der Waals surface area contributed by atoms with Gasteiger partial charge >= 0.3 is 0 Å². The van der Waals surface area contributed by atoms with Crippen LogP contribution in [0.1, 0.15) is 43.9 Å². The summed E-state index contributed by atoms with van der Waals surface area (Å²) >= 11 is 0. The van der Waals surface area contributed by atoms with Gasteiger partial charge in [-0.05, 0) is 29.2 Å². The molecule has 1 atom stereocenters. The highest BCUT2D eigenvalue weighted by atomic mass is 16.5. The number of rotatable bonds is 4. The number of hydrogen-bond acceptors (Lipinski definition) is 2. The fourth-order valence-corrected chi connectivity index (χ4v) is 2.40. The van der Waals surface area contributed by atoms with E-state index in [1.165, 1.54) is 5.56 Å². The minimum absolute atomic E-state index is 0.333. The van der Waals surface area contributed by atoms with Crippen molar-refractivity contribution in [3.8, 4) is 5.75 Å². The number of ether oxygens (including phenoxy) is 1. The summed E-state index contributed by atoms with van der Waals surface area (Å²) in [7, 11) is 0. The van der Waals surface area contributed by atoms with Crippen molar-refractivity contribution < 1.29 is 9.84 Å². The Bertz CT molecular complexity index is 356. The lowest BCUT2D eigenvalue weighted by atomic mass is 9.90. The van der Waals surface area contributed by atoms with Gasteiger partial charge in [-0.15, -0.1) is 0 Å². The number of aliphatic hydroxyl groups excluding tert-OH is 1. The van der Waals surface area contributed by atoms with Crippen molar-refractivity contribution in [1.82, 2.24) is 0 Å². The summed E-state index contributed by atoms with van der Waals surface area (Å²) in [4.78, 5) is 0. The van der Waals surface area contributed by atoms with E-state index in [-0.39, 0.29) is 6.10 Å². The van der Waals surface area contributed by atoms with Gasteiger partial charge in [-0.1, -0.05) is 32.8 Å². The fraction of sp³-hybridized carbons (Fsp3) is 0.571. The predicted molar refractivity (Wildman–Crippen MR) is 64.7 cm³/mol. The maximum Gasteiger partial charge on any atom is 0.122 e. The molecule has 1 aromatic carbocycles. The van der Waals surface area contributed by atoms with Gasteiger partial charge in [-0.2, -0.15) is 0 Å². The largest absolute Gasteiger partial charge is 0.493 e. The van der Waals surface area contributed by atoms with Crippen LogP contribution in [-0.4, -0.2) is 11.7 Å². The third kappa shape index (κ3) is 2.07. The summed E-state index contributed by atoms with van der Waals surface area (Å²) in [5.41, 5.74) is 2.28. The number of hydrogen-bond donors (Lipinski definition) is 1. The van der Waals surface area contributed by atoms with E-state index in [1.54, 1.807) is 0 Å². The van der Waals surface area contributed by atoms with Gasteiger partial charge in [0.1, 0.15) is 5.75 Å². The summed E-state index contributed by atoms with van der Waals surface area (Å²) in [5, 5.41) is 10.3. The third-order valence-corrected chi connectivity index (χ3v) is 3.55. The predicted octanol–water partition coefficient (Wildman–Crippen LogP) is 3.09. The van der Waals surface area contributed by atoms with Crippen LogP contribution in [0.15, 0.2) is 18.2 Å². The van der Waals surface area contributed by atoms with E-state index in [0.29, 0.717) is 5.92 Å². The van der Waals surface area contributed by atoms with Crippen LogP contribution >= 0.6 is 0 Å². The fourth-order valence-electron chi connectivity index (χ4n) is 2.40. The molecule has 0 spiro atoms. The smallest absolute Gasteiger partial charge is 0.122 e. The van der Waals surface area contributed by atoms with Crippen LogP contribution < -0.4 is 4.74 Å². The number of aliphatic hydroxyl groups is 1. The summed E-state index contributed by atoms with van der Waals surface area (Å²) in [6, 6.07) is 6.09. The molecule has 0 saturated heterocycles. The van der Waals surface area contributed by atoms with Gasteiger partial charge in [0.05, 0.1) is 12.7 Å².